The Bertz CT molecular complexity index is 1540. The van der Waals surface area contributed by atoms with Gasteiger partial charge in [-0.15, -0.1) is 0 Å². The van der Waals surface area contributed by atoms with Gasteiger partial charge in [-0.3, -0.25) is 0 Å². The molecule has 0 aromatic heterocycles. The first kappa shape index (κ1) is 23.3. The second kappa shape index (κ2) is 10.5. The van der Waals surface area contributed by atoms with E-state index in [1.807, 2.05) is 42.5 Å². The molecule has 1 N–H and O–H groups in total. The van der Waals surface area contributed by atoms with Crippen molar-refractivity contribution < 1.29 is 5.11 Å². The molecular weight excluding hydrogens is 462 g/mol. The van der Waals surface area contributed by atoms with Crippen LogP contribution >= 0.6 is 0 Å². The summed E-state index contributed by atoms with van der Waals surface area (Å²) in [5, 5.41) is 10.8. The summed E-state index contributed by atoms with van der Waals surface area (Å²) in [6.45, 7) is 0. The van der Waals surface area contributed by atoms with Crippen LogP contribution in [-0.4, -0.2) is 5.11 Å². The van der Waals surface area contributed by atoms with Crippen molar-refractivity contribution >= 4 is 17.1 Å². The summed E-state index contributed by atoms with van der Waals surface area (Å²) < 4.78 is 0. The zero-order valence-electron chi connectivity index (χ0n) is 20.9. The molecule has 0 saturated carbocycles. The largest absolute Gasteiger partial charge is 0.508 e. The first-order valence-corrected chi connectivity index (χ1v) is 12.8. The molecular formula is C36H27NO. The fourth-order valence-corrected chi connectivity index (χ4v) is 4.84. The number of nitrogens with zero attached hydrogens (tertiary/aromatic N) is 1. The molecule has 0 spiro atoms. The number of hydrogen-bond acceptors (Lipinski definition) is 2. The number of anilines is 3. The molecule has 6 aromatic rings. The third-order valence-electron chi connectivity index (χ3n) is 6.73. The molecule has 0 saturated heterocycles. The van der Waals surface area contributed by atoms with Crippen molar-refractivity contribution in [2.75, 3.05) is 4.90 Å². The molecule has 6 rings (SSSR count). The lowest BCUT2D eigenvalue weighted by Gasteiger charge is -2.26. The Hall–Kier alpha value is -5.08. The van der Waals surface area contributed by atoms with Crippen LogP contribution in [0, 0.1) is 0 Å². The Morgan fingerprint density at radius 3 is 1.11 bits per heavy atom. The predicted molar refractivity (Wildman–Crippen MR) is 159 cm³/mol. The maximum absolute atomic E-state index is 10.8. The molecule has 0 aliphatic rings. The van der Waals surface area contributed by atoms with Gasteiger partial charge in [0.05, 0.1) is 5.69 Å². The number of phenols is 1. The van der Waals surface area contributed by atoms with Crippen LogP contribution in [-0.2, 0) is 0 Å². The summed E-state index contributed by atoms with van der Waals surface area (Å²) in [6, 6.07) is 53.9. The van der Waals surface area contributed by atoms with E-state index in [0.717, 1.165) is 39.3 Å². The van der Waals surface area contributed by atoms with Crippen LogP contribution in [0.2, 0.25) is 0 Å². The first-order chi connectivity index (χ1) is 18.7. The number of phenolic OH excluding ortho intramolecular Hbond substituents is 1. The summed E-state index contributed by atoms with van der Waals surface area (Å²) in [5.41, 5.74) is 9.63. The number of aromatic hydroxyl groups is 1. The molecule has 0 aliphatic heterocycles. The summed E-state index contributed by atoms with van der Waals surface area (Å²) in [4.78, 5) is 2.19. The highest BCUT2D eigenvalue weighted by atomic mass is 16.3. The van der Waals surface area contributed by atoms with Crippen LogP contribution in [0.5, 0.6) is 5.75 Å². The number of benzene rings is 6. The van der Waals surface area contributed by atoms with Gasteiger partial charge in [0.2, 0.25) is 0 Å². The van der Waals surface area contributed by atoms with Crippen molar-refractivity contribution in [3.05, 3.63) is 158 Å². The molecule has 2 nitrogen and oxygen atoms in total. The molecule has 38 heavy (non-hydrogen) atoms. The van der Waals surface area contributed by atoms with Crippen molar-refractivity contribution in [1.82, 2.24) is 0 Å². The minimum absolute atomic E-state index is 0.230. The average Bonchev–Trinajstić information content (AvgIpc) is 2.99. The second-order valence-corrected chi connectivity index (χ2v) is 9.27. The van der Waals surface area contributed by atoms with E-state index in [1.165, 1.54) is 11.1 Å². The lowest BCUT2D eigenvalue weighted by molar-refractivity contribution is 0.476. The van der Waals surface area contributed by atoms with Gasteiger partial charge in [0, 0.05) is 17.4 Å². The molecule has 0 radical (unpaired) electrons. The van der Waals surface area contributed by atoms with Gasteiger partial charge in [-0.25, -0.2) is 0 Å². The third-order valence-corrected chi connectivity index (χ3v) is 6.73. The van der Waals surface area contributed by atoms with Gasteiger partial charge >= 0.3 is 0 Å². The van der Waals surface area contributed by atoms with Crippen LogP contribution in [0.4, 0.5) is 17.1 Å². The molecule has 0 atom stereocenters. The van der Waals surface area contributed by atoms with Gasteiger partial charge in [-0.1, -0.05) is 115 Å². The molecule has 0 bridgehead atoms. The lowest BCUT2D eigenvalue weighted by Crippen LogP contribution is -2.10. The third kappa shape index (κ3) is 4.93. The Labute approximate surface area is 223 Å². The van der Waals surface area contributed by atoms with Crippen LogP contribution in [0.25, 0.3) is 33.4 Å². The molecule has 0 unspecified atom stereocenters. The van der Waals surface area contributed by atoms with Crippen molar-refractivity contribution in [3.63, 3.8) is 0 Å². The molecule has 0 aliphatic carbocycles. The maximum Gasteiger partial charge on any atom is 0.118 e. The second-order valence-electron chi connectivity index (χ2n) is 9.27. The van der Waals surface area contributed by atoms with Gasteiger partial charge in [-0.2, -0.15) is 0 Å². The standard InChI is InChI=1S/C36H27NO/c38-36-25-32(29-14-8-3-9-15-29)24-35(26-36)37(33-20-16-30(17-21-33)27-10-4-1-5-11-27)34-22-18-31(19-23-34)28-12-6-2-7-13-28/h1-26,38H. The van der Waals surface area contributed by atoms with Gasteiger partial charge in [0.25, 0.3) is 0 Å². The van der Waals surface area contributed by atoms with E-state index in [9.17, 15) is 5.11 Å². The highest BCUT2D eigenvalue weighted by Crippen LogP contribution is 2.40. The van der Waals surface area contributed by atoms with E-state index < -0.39 is 0 Å². The van der Waals surface area contributed by atoms with E-state index >= 15 is 0 Å². The van der Waals surface area contributed by atoms with Crippen molar-refractivity contribution in [3.8, 4) is 39.1 Å². The van der Waals surface area contributed by atoms with Crippen molar-refractivity contribution in [2.24, 2.45) is 0 Å². The van der Waals surface area contributed by atoms with E-state index in [1.54, 1.807) is 0 Å². The van der Waals surface area contributed by atoms with Gasteiger partial charge in [0.15, 0.2) is 0 Å². The Kier molecular flexibility index (Phi) is 6.44. The highest BCUT2D eigenvalue weighted by Gasteiger charge is 2.15. The average molecular weight is 490 g/mol. The van der Waals surface area contributed by atoms with Crippen LogP contribution < -0.4 is 4.90 Å². The van der Waals surface area contributed by atoms with Gasteiger partial charge in [-0.05, 0) is 69.8 Å². The zero-order valence-corrected chi connectivity index (χ0v) is 20.9. The monoisotopic (exact) mass is 489 g/mol. The minimum Gasteiger partial charge on any atom is -0.508 e. The predicted octanol–water partition coefficient (Wildman–Crippen LogP) is 9.86. The maximum atomic E-state index is 10.8. The molecule has 0 fully saturated rings. The summed E-state index contributed by atoms with van der Waals surface area (Å²) in [7, 11) is 0. The topological polar surface area (TPSA) is 23.5 Å². The molecule has 6 aromatic carbocycles. The van der Waals surface area contributed by atoms with E-state index in [4.69, 9.17) is 0 Å². The van der Waals surface area contributed by atoms with Gasteiger partial charge in [0.1, 0.15) is 5.75 Å². The van der Waals surface area contributed by atoms with Crippen LogP contribution in [0.15, 0.2) is 158 Å². The Balaban J connectivity index is 1.45. The molecule has 2 heteroatoms. The SMILES string of the molecule is Oc1cc(-c2ccccc2)cc(N(c2ccc(-c3ccccc3)cc2)c2ccc(-c3ccccc3)cc2)c1. The smallest absolute Gasteiger partial charge is 0.118 e. The van der Waals surface area contributed by atoms with E-state index in [-0.39, 0.29) is 5.75 Å². The summed E-state index contributed by atoms with van der Waals surface area (Å²) >= 11 is 0. The quantitative estimate of drug-likeness (QED) is 0.252. The van der Waals surface area contributed by atoms with Crippen molar-refractivity contribution in [2.45, 2.75) is 0 Å². The van der Waals surface area contributed by atoms with E-state index in [0.29, 0.717) is 0 Å². The molecule has 182 valence electrons. The fourth-order valence-electron chi connectivity index (χ4n) is 4.84. The normalized spacial score (nSPS) is 10.7. The summed E-state index contributed by atoms with van der Waals surface area (Å²) in [6.07, 6.45) is 0. The Morgan fingerprint density at radius 1 is 0.316 bits per heavy atom. The number of rotatable bonds is 6. The molecule has 0 heterocycles. The molecule has 0 amide bonds. The van der Waals surface area contributed by atoms with Crippen LogP contribution in [0.3, 0.4) is 0 Å². The first-order valence-electron chi connectivity index (χ1n) is 12.8. The summed E-state index contributed by atoms with van der Waals surface area (Å²) in [5.74, 6) is 0.230. The fraction of sp³-hybridized carbons (Fsp3) is 0. The highest BCUT2D eigenvalue weighted by molar-refractivity contribution is 5.83. The number of hydrogen-bond donors (Lipinski definition) is 1. The van der Waals surface area contributed by atoms with E-state index in [2.05, 4.69) is 120 Å². The van der Waals surface area contributed by atoms with Crippen LogP contribution in [0.1, 0.15) is 0 Å². The van der Waals surface area contributed by atoms with Crippen molar-refractivity contribution in [1.29, 1.82) is 0 Å². The Morgan fingerprint density at radius 2 is 0.684 bits per heavy atom. The minimum atomic E-state index is 0.230. The van der Waals surface area contributed by atoms with Gasteiger partial charge < -0.3 is 10.0 Å². The zero-order chi connectivity index (χ0) is 25.7. The lowest BCUT2D eigenvalue weighted by atomic mass is 10.0.